The molecule has 66 valence electrons. The lowest BCUT2D eigenvalue weighted by Gasteiger charge is -1.98. The van der Waals surface area contributed by atoms with Crippen LogP contribution in [0.4, 0.5) is 0 Å². The average molecular weight is 181 g/mol. The Morgan fingerprint density at radius 1 is 1.00 bits per heavy atom. The Kier molecular flexibility index (Phi) is 1.47. The van der Waals surface area contributed by atoms with Gasteiger partial charge in [-0.15, -0.1) is 0 Å². The van der Waals surface area contributed by atoms with Crippen molar-refractivity contribution in [1.82, 2.24) is 4.98 Å². The fourth-order valence-electron chi connectivity index (χ4n) is 1.75. The Bertz CT molecular complexity index is 547. The van der Waals surface area contributed by atoms with Gasteiger partial charge in [-0.05, 0) is 11.5 Å². The number of hydrogen-bond acceptors (Lipinski definition) is 1. The predicted molar refractivity (Wildman–Crippen MR) is 55.8 cm³/mol. The first kappa shape index (κ1) is 7.44. The summed E-state index contributed by atoms with van der Waals surface area (Å²) in [6.45, 7) is 0. The van der Waals surface area contributed by atoms with Crippen LogP contribution in [0.25, 0.3) is 21.7 Å². The van der Waals surface area contributed by atoms with Gasteiger partial charge in [-0.1, -0.05) is 18.2 Å². The van der Waals surface area contributed by atoms with Crippen LogP contribution < -0.4 is 4.98 Å². The molecular weight excluding hydrogens is 172 g/mol. The van der Waals surface area contributed by atoms with Crippen molar-refractivity contribution in [1.29, 1.82) is 0 Å². The summed E-state index contributed by atoms with van der Waals surface area (Å²) < 4.78 is 0. The van der Waals surface area contributed by atoms with Gasteiger partial charge in [-0.25, -0.2) is 4.98 Å². The Morgan fingerprint density at radius 2 is 1.93 bits per heavy atom. The standard InChI is InChI=1S/C12H8N2/c1-2-10-4-3-9-5-7-13-8-11(9)12(10)14-6-1/h1-8H/p+1. The molecule has 2 aromatic heterocycles. The number of aromatic amines is 1. The molecule has 0 radical (unpaired) electrons. The van der Waals surface area contributed by atoms with Crippen LogP contribution in [0, 0.1) is 0 Å². The Labute approximate surface area is 81.2 Å². The molecule has 1 aromatic carbocycles. The van der Waals surface area contributed by atoms with Crippen LogP contribution in [-0.2, 0) is 0 Å². The number of hydrogen-bond donors (Lipinski definition) is 0. The minimum atomic E-state index is 1.06. The van der Waals surface area contributed by atoms with Crippen LogP contribution >= 0.6 is 0 Å². The van der Waals surface area contributed by atoms with E-state index in [0.29, 0.717) is 0 Å². The maximum absolute atomic E-state index is 4.39. The van der Waals surface area contributed by atoms with E-state index in [4.69, 9.17) is 0 Å². The van der Waals surface area contributed by atoms with E-state index in [1.54, 1.807) is 0 Å². The molecule has 3 aromatic rings. The van der Waals surface area contributed by atoms with E-state index < -0.39 is 0 Å². The summed E-state index contributed by atoms with van der Waals surface area (Å²) in [6, 6.07) is 10.3. The highest BCUT2D eigenvalue weighted by Gasteiger charge is 2.01. The zero-order valence-corrected chi connectivity index (χ0v) is 7.57. The Morgan fingerprint density at radius 3 is 2.93 bits per heavy atom. The monoisotopic (exact) mass is 181 g/mol. The van der Waals surface area contributed by atoms with Gasteiger partial charge < -0.3 is 0 Å². The van der Waals surface area contributed by atoms with Crippen LogP contribution in [0.3, 0.4) is 0 Å². The maximum Gasteiger partial charge on any atom is 0.177 e. The Balaban J connectivity index is 2.61. The summed E-state index contributed by atoms with van der Waals surface area (Å²) in [6.07, 6.45) is 5.75. The van der Waals surface area contributed by atoms with Crippen molar-refractivity contribution in [2.24, 2.45) is 0 Å². The van der Waals surface area contributed by atoms with Crippen molar-refractivity contribution < 1.29 is 4.98 Å². The third kappa shape index (κ3) is 0.973. The first-order valence-electron chi connectivity index (χ1n) is 4.59. The minimum Gasteiger partial charge on any atom is -0.255 e. The first-order chi connectivity index (χ1) is 6.95. The predicted octanol–water partition coefficient (Wildman–Crippen LogP) is 2.20. The molecule has 0 amide bonds. The maximum atomic E-state index is 4.39. The largest absolute Gasteiger partial charge is 0.255 e. The number of H-pyrrole nitrogens is 1. The highest BCUT2D eigenvalue weighted by molar-refractivity contribution is 6.04. The average Bonchev–Trinajstić information content (AvgIpc) is 2.29. The lowest BCUT2D eigenvalue weighted by Crippen LogP contribution is -1.97. The van der Waals surface area contributed by atoms with Crippen molar-refractivity contribution in [3.63, 3.8) is 0 Å². The molecule has 0 aliphatic heterocycles. The Hall–Kier alpha value is -1.96. The third-order valence-corrected chi connectivity index (χ3v) is 2.43. The quantitative estimate of drug-likeness (QED) is 0.488. The summed E-state index contributed by atoms with van der Waals surface area (Å²) in [5.74, 6) is 0. The van der Waals surface area contributed by atoms with Crippen molar-refractivity contribution >= 4 is 21.7 Å². The number of nitrogens with one attached hydrogen (secondary N) is 1. The SMILES string of the molecule is c1cnc2c(c1)ccc1cc[nH+]cc12. The second-order valence-corrected chi connectivity index (χ2v) is 3.29. The lowest BCUT2D eigenvalue weighted by atomic mass is 10.1. The smallest absolute Gasteiger partial charge is 0.177 e. The second-order valence-electron chi connectivity index (χ2n) is 3.29. The number of fused-ring (bicyclic) bond motifs is 3. The van der Waals surface area contributed by atoms with Gasteiger partial charge >= 0.3 is 0 Å². The van der Waals surface area contributed by atoms with Crippen molar-refractivity contribution in [3.05, 3.63) is 48.9 Å². The second kappa shape index (κ2) is 2.77. The topological polar surface area (TPSA) is 27.0 Å². The highest BCUT2D eigenvalue weighted by Crippen LogP contribution is 2.20. The van der Waals surface area contributed by atoms with E-state index in [1.165, 1.54) is 16.2 Å². The van der Waals surface area contributed by atoms with E-state index in [-0.39, 0.29) is 0 Å². The van der Waals surface area contributed by atoms with E-state index in [1.807, 2.05) is 24.7 Å². The number of benzene rings is 1. The minimum absolute atomic E-state index is 1.06. The third-order valence-electron chi connectivity index (χ3n) is 2.43. The molecule has 2 heteroatoms. The molecular formula is C12H9N2+. The van der Waals surface area contributed by atoms with Crippen LogP contribution in [-0.4, -0.2) is 4.98 Å². The summed E-state index contributed by atoms with van der Waals surface area (Å²) in [5.41, 5.74) is 1.06. The lowest BCUT2D eigenvalue weighted by molar-refractivity contribution is -0.375. The molecule has 0 atom stereocenters. The number of pyridine rings is 2. The molecule has 0 saturated carbocycles. The van der Waals surface area contributed by atoms with Gasteiger partial charge in [0.15, 0.2) is 12.4 Å². The fraction of sp³-hybridized carbons (Fsp3) is 0. The summed E-state index contributed by atoms with van der Waals surface area (Å²) in [5, 5.41) is 3.57. The van der Waals surface area contributed by atoms with Crippen LogP contribution in [0.15, 0.2) is 48.9 Å². The highest BCUT2D eigenvalue weighted by atomic mass is 14.7. The van der Waals surface area contributed by atoms with E-state index in [9.17, 15) is 0 Å². The molecule has 14 heavy (non-hydrogen) atoms. The van der Waals surface area contributed by atoms with Gasteiger partial charge in [0.25, 0.3) is 0 Å². The molecule has 0 aliphatic carbocycles. The van der Waals surface area contributed by atoms with Gasteiger partial charge in [0.1, 0.15) is 0 Å². The van der Waals surface area contributed by atoms with Crippen molar-refractivity contribution in [3.8, 4) is 0 Å². The van der Waals surface area contributed by atoms with E-state index in [2.05, 4.69) is 34.2 Å². The van der Waals surface area contributed by atoms with Gasteiger partial charge in [-0.2, -0.15) is 0 Å². The normalized spacial score (nSPS) is 10.9. The molecule has 0 aliphatic rings. The number of rotatable bonds is 0. The van der Waals surface area contributed by atoms with Crippen molar-refractivity contribution in [2.75, 3.05) is 0 Å². The molecule has 0 saturated heterocycles. The van der Waals surface area contributed by atoms with Crippen LogP contribution in [0.2, 0.25) is 0 Å². The molecule has 1 N–H and O–H groups in total. The molecule has 2 heterocycles. The summed E-state index contributed by atoms with van der Waals surface area (Å²) in [4.78, 5) is 7.48. The molecule has 0 bridgehead atoms. The molecule has 3 rings (SSSR count). The molecule has 2 nitrogen and oxygen atoms in total. The summed E-state index contributed by atoms with van der Waals surface area (Å²) in [7, 11) is 0. The number of aromatic nitrogens is 2. The number of nitrogens with zero attached hydrogens (tertiary/aromatic N) is 1. The van der Waals surface area contributed by atoms with E-state index in [0.717, 1.165) is 5.52 Å². The molecule has 0 fully saturated rings. The van der Waals surface area contributed by atoms with Crippen LogP contribution in [0.1, 0.15) is 0 Å². The van der Waals surface area contributed by atoms with Gasteiger partial charge in [0, 0.05) is 17.6 Å². The summed E-state index contributed by atoms with van der Waals surface area (Å²) >= 11 is 0. The van der Waals surface area contributed by atoms with E-state index >= 15 is 0 Å². The molecule has 0 spiro atoms. The fourth-order valence-corrected chi connectivity index (χ4v) is 1.75. The van der Waals surface area contributed by atoms with Gasteiger partial charge in [0.2, 0.25) is 0 Å². The zero-order chi connectivity index (χ0) is 9.38. The first-order valence-corrected chi connectivity index (χ1v) is 4.59. The molecule has 0 unspecified atom stereocenters. The van der Waals surface area contributed by atoms with Gasteiger partial charge in [-0.3, -0.25) is 4.98 Å². The van der Waals surface area contributed by atoms with Crippen molar-refractivity contribution in [2.45, 2.75) is 0 Å². The zero-order valence-electron chi connectivity index (χ0n) is 7.57. The van der Waals surface area contributed by atoms with Gasteiger partial charge in [0.05, 0.1) is 10.9 Å². The van der Waals surface area contributed by atoms with Crippen LogP contribution in [0.5, 0.6) is 0 Å².